The Morgan fingerprint density at radius 1 is 1.75 bits per heavy atom. The number of hydrogen-bond acceptors (Lipinski definition) is 3. The summed E-state index contributed by atoms with van der Waals surface area (Å²) in [6.07, 6.45) is 0.739. The molecule has 8 heavy (non-hydrogen) atoms. The van der Waals surface area contributed by atoms with Crippen molar-refractivity contribution in [2.75, 3.05) is 6.61 Å². The van der Waals surface area contributed by atoms with Gasteiger partial charge in [0.05, 0.1) is 6.61 Å². The highest BCUT2D eigenvalue weighted by atomic mass is 17.1. The van der Waals surface area contributed by atoms with E-state index in [0.29, 0.717) is 0 Å². The van der Waals surface area contributed by atoms with Crippen LogP contribution in [-0.2, 0) is 9.68 Å². The van der Waals surface area contributed by atoms with Gasteiger partial charge in [-0.15, -0.1) is 0 Å². The fourth-order valence-electron chi connectivity index (χ4n) is 0.200. The van der Waals surface area contributed by atoms with Crippen LogP contribution in [0.5, 0.6) is 0 Å². The van der Waals surface area contributed by atoms with E-state index in [-0.39, 0.29) is 6.61 Å². The molecule has 0 unspecified atom stereocenters. The summed E-state index contributed by atoms with van der Waals surface area (Å²) in [6.45, 7) is 3.41. The zero-order valence-electron chi connectivity index (χ0n) is 5.05. The van der Waals surface area contributed by atoms with Crippen LogP contribution in [0.4, 0.5) is 0 Å². The predicted molar refractivity (Wildman–Crippen MR) is 28.4 cm³/mol. The Kier molecular flexibility index (Phi) is 2.65. The molecule has 0 bridgehead atoms. The molecule has 3 heteroatoms. The lowest BCUT2D eigenvalue weighted by atomic mass is 9.98. The van der Waals surface area contributed by atoms with Crippen LogP contribution in [-0.4, -0.2) is 18.2 Å². The van der Waals surface area contributed by atoms with Gasteiger partial charge in [0.2, 0.25) is 0 Å². The molecule has 0 heterocycles. The van der Waals surface area contributed by atoms with E-state index in [1.54, 1.807) is 13.8 Å². The molecule has 1 N–H and O–H groups in total. The second-order valence-corrected chi connectivity index (χ2v) is 2.38. The number of aldehydes is 1. The van der Waals surface area contributed by atoms with Crippen LogP contribution in [0.3, 0.4) is 0 Å². The van der Waals surface area contributed by atoms with Gasteiger partial charge in [-0.3, -0.25) is 5.26 Å². The van der Waals surface area contributed by atoms with Crippen molar-refractivity contribution in [1.82, 2.24) is 0 Å². The van der Waals surface area contributed by atoms with E-state index in [0.717, 1.165) is 6.29 Å². The second-order valence-electron chi connectivity index (χ2n) is 2.38. The highest BCUT2D eigenvalue weighted by Gasteiger charge is 2.15. The van der Waals surface area contributed by atoms with Crippen molar-refractivity contribution in [3.8, 4) is 0 Å². The SMILES string of the molecule is CC(C)(C=O)COO. The molecule has 3 nitrogen and oxygen atoms in total. The Labute approximate surface area is 48.2 Å². The molecule has 0 amide bonds. The minimum absolute atomic E-state index is 0.0521. The van der Waals surface area contributed by atoms with E-state index in [1.807, 2.05) is 0 Å². The van der Waals surface area contributed by atoms with Gasteiger partial charge in [-0.25, -0.2) is 4.89 Å². The van der Waals surface area contributed by atoms with E-state index in [1.165, 1.54) is 0 Å². The van der Waals surface area contributed by atoms with Crippen molar-refractivity contribution in [2.24, 2.45) is 5.41 Å². The highest BCUT2D eigenvalue weighted by Crippen LogP contribution is 2.09. The van der Waals surface area contributed by atoms with E-state index in [4.69, 9.17) is 5.26 Å². The first-order valence-electron chi connectivity index (χ1n) is 2.35. The molecule has 0 saturated heterocycles. The predicted octanol–water partition coefficient (Wildman–Crippen LogP) is 0.701. The first kappa shape index (κ1) is 7.59. The van der Waals surface area contributed by atoms with Gasteiger partial charge in [-0.1, -0.05) is 13.8 Å². The quantitative estimate of drug-likeness (QED) is 0.337. The maximum Gasteiger partial charge on any atom is 0.128 e. The lowest BCUT2D eigenvalue weighted by molar-refractivity contribution is -0.256. The van der Waals surface area contributed by atoms with Crippen LogP contribution in [0, 0.1) is 5.41 Å². The smallest absolute Gasteiger partial charge is 0.128 e. The Morgan fingerprint density at radius 3 is 2.38 bits per heavy atom. The van der Waals surface area contributed by atoms with Crippen LogP contribution in [0.1, 0.15) is 13.8 Å². The summed E-state index contributed by atoms with van der Waals surface area (Å²) in [7, 11) is 0. The summed E-state index contributed by atoms with van der Waals surface area (Å²) >= 11 is 0. The Bertz CT molecular complexity index is 77.7. The average molecular weight is 118 g/mol. The van der Waals surface area contributed by atoms with Gasteiger partial charge in [0.15, 0.2) is 0 Å². The summed E-state index contributed by atoms with van der Waals surface area (Å²) in [5.41, 5.74) is -0.561. The maximum absolute atomic E-state index is 10.0. The van der Waals surface area contributed by atoms with Crippen molar-refractivity contribution < 1.29 is 14.9 Å². The van der Waals surface area contributed by atoms with Crippen LogP contribution in [0.25, 0.3) is 0 Å². The van der Waals surface area contributed by atoms with E-state index >= 15 is 0 Å². The zero-order chi connectivity index (χ0) is 6.62. The molecule has 0 fully saturated rings. The fourth-order valence-corrected chi connectivity index (χ4v) is 0.200. The number of carbonyl (C=O) groups excluding carboxylic acids is 1. The summed E-state index contributed by atoms with van der Waals surface area (Å²) < 4.78 is 0. The second kappa shape index (κ2) is 2.79. The molecule has 0 aromatic heterocycles. The Morgan fingerprint density at radius 2 is 2.25 bits per heavy atom. The average Bonchev–Trinajstić information content (AvgIpc) is 1.67. The highest BCUT2D eigenvalue weighted by molar-refractivity contribution is 5.57. The maximum atomic E-state index is 10.0. The van der Waals surface area contributed by atoms with E-state index in [9.17, 15) is 4.79 Å². The van der Waals surface area contributed by atoms with Gasteiger partial charge in [-0.2, -0.15) is 0 Å². The molecule has 48 valence electrons. The first-order chi connectivity index (χ1) is 3.62. The molecular formula is C5H10O3. The van der Waals surface area contributed by atoms with Crippen molar-refractivity contribution >= 4 is 6.29 Å². The number of rotatable bonds is 3. The molecule has 0 rings (SSSR count). The molecular weight excluding hydrogens is 108 g/mol. The van der Waals surface area contributed by atoms with E-state index < -0.39 is 5.41 Å². The van der Waals surface area contributed by atoms with Crippen LogP contribution in [0.2, 0.25) is 0 Å². The molecule has 0 aromatic rings. The van der Waals surface area contributed by atoms with Crippen LogP contribution < -0.4 is 0 Å². The van der Waals surface area contributed by atoms with E-state index in [2.05, 4.69) is 4.89 Å². The Balaban J connectivity index is 3.53. The third-order valence-electron chi connectivity index (χ3n) is 0.756. The van der Waals surface area contributed by atoms with Gasteiger partial charge in [0, 0.05) is 5.41 Å². The normalized spacial score (nSPS) is 11.4. The molecule has 0 spiro atoms. The lowest BCUT2D eigenvalue weighted by Gasteiger charge is -2.11. The molecule has 0 saturated carbocycles. The lowest BCUT2D eigenvalue weighted by Crippen LogP contribution is -2.19. The summed E-state index contributed by atoms with van der Waals surface area (Å²) in [5.74, 6) is 0. The minimum atomic E-state index is -0.561. The summed E-state index contributed by atoms with van der Waals surface area (Å²) in [5, 5.41) is 7.87. The number of carbonyl (C=O) groups is 1. The van der Waals surface area contributed by atoms with Crippen LogP contribution >= 0.6 is 0 Å². The summed E-state index contributed by atoms with van der Waals surface area (Å²) in [6, 6.07) is 0. The zero-order valence-corrected chi connectivity index (χ0v) is 5.05. The van der Waals surface area contributed by atoms with Gasteiger partial charge in [0.25, 0.3) is 0 Å². The molecule has 0 atom stereocenters. The van der Waals surface area contributed by atoms with Crippen molar-refractivity contribution in [1.29, 1.82) is 0 Å². The van der Waals surface area contributed by atoms with Crippen LogP contribution in [0.15, 0.2) is 0 Å². The monoisotopic (exact) mass is 118 g/mol. The molecule has 0 aromatic carbocycles. The van der Waals surface area contributed by atoms with Crippen molar-refractivity contribution in [3.63, 3.8) is 0 Å². The van der Waals surface area contributed by atoms with Gasteiger partial charge < -0.3 is 4.79 Å². The largest absolute Gasteiger partial charge is 0.303 e. The topological polar surface area (TPSA) is 46.5 Å². The van der Waals surface area contributed by atoms with Crippen molar-refractivity contribution in [2.45, 2.75) is 13.8 Å². The van der Waals surface area contributed by atoms with Gasteiger partial charge in [0.1, 0.15) is 6.29 Å². The standard InChI is InChI=1S/C5H10O3/c1-5(2,3-6)4-8-7/h3,7H,4H2,1-2H3. The minimum Gasteiger partial charge on any atom is -0.303 e. The Hall–Kier alpha value is -0.410. The molecule has 0 radical (unpaired) electrons. The van der Waals surface area contributed by atoms with Gasteiger partial charge in [-0.05, 0) is 0 Å². The molecule has 0 aliphatic carbocycles. The summed E-state index contributed by atoms with van der Waals surface area (Å²) in [4.78, 5) is 13.8. The third-order valence-corrected chi connectivity index (χ3v) is 0.756. The third kappa shape index (κ3) is 2.71. The first-order valence-corrected chi connectivity index (χ1v) is 2.35. The fraction of sp³-hybridized carbons (Fsp3) is 0.800. The number of hydrogen-bond donors (Lipinski definition) is 1. The molecule has 0 aliphatic rings. The van der Waals surface area contributed by atoms with Crippen molar-refractivity contribution in [3.05, 3.63) is 0 Å². The molecule has 0 aliphatic heterocycles. The van der Waals surface area contributed by atoms with Gasteiger partial charge >= 0.3 is 0 Å².